The highest BCUT2D eigenvalue weighted by molar-refractivity contribution is 6.38. The van der Waals surface area contributed by atoms with Crippen molar-refractivity contribution in [2.24, 2.45) is 5.41 Å². The number of nitrogens with zero attached hydrogens (tertiary/aromatic N) is 1. The Morgan fingerprint density at radius 3 is 1.97 bits per heavy atom. The molecule has 2 fully saturated rings. The second-order valence-corrected chi connectivity index (χ2v) is 13.0. The molecule has 10 heteroatoms. The van der Waals surface area contributed by atoms with Crippen molar-refractivity contribution >= 4 is 29.4 Å². The van der Waals surface area contributed by atoms with Crippen molar-refractivity contribution in [1.82, 2.24) is 26.2 Å². The van der Waals surface area contributed by atoms with E-state index in [4.69, 9.17) is 0 Å². The Morgan fingerprint density at radius 2 is 1.47 bits per heavy atom. The molecule has 0 saturated heterocycles. The van der Waals surface area contributed by atoms with Gasteiger partial charge < -0.3 is 21.3 Å². The lowest BCUT2D eigenvalue weighted by atomic mass is 9.84. The van der Waals surface area contributed by atoms with Crippen LogP contribution in [0.2, 0.25) is 0 Å². The molecule has 0 heterocycles. The molecule has 0 aliphatic heterocycles. The predicted molar refractivity (Wildman–Crippen MR) is 147 cm³/mol. The van der Waals surface area contributed by atoms with E-state index in [-0.39, 0.29) is 36.9 Å². The summed E-state index contributed by atoms with van der Waals surface area (Å²) < 4.78 is 0. The maximum atomic E-state index is 13.5. The van der Waals surface area contributed by atoms with Crippen LogP contribution in [0.5, 0.6) is 0 Å². The Morgan fingerprint density at radius 1 is 0.868 bits per heavy atom. The minimum Gasteiger partial charge on any atom is -0.347 e. The van der Waals surface area contributed by atoms with Crippen LogP contribution in [0.25, 0.3) is 0 Å². The number of hydrogen-bond acceptors (Lipinski definition) is 6. The number of carbonyl (C=O) groups is 5. The maximum Gasteiger partial charge on any atom is 0.315 e. The summed E-state index contributed by atoms with van der Waals surface area (Å²) in [6, 6.07) is -1.94. The van der Waals surface area contributed by atoms with Gasteiger partial charge in [0.15, 0.2) is 5.78 Å². The Hall–Kier alpha value is -2.49. The quantitative estimate of drug-likeness (QED) is 0.268. The van der Waals surface area contributed by atoms with Gasteiger partial charge in [0, 0.05) is 17.6 Å². The molecule has 0 spiro atoms. The Bertz CT molecular complexity index is 866. The fourth-order valence-electron chi connectivity index (χ4n) is 4.79. The van der Waals surface area contributed by atoms with Crippen molar-refractivity contribution in [3.63, 3.8) is 0 Å². The van der Waals surface area contributed by atoms with E-state index in [1.54, 1.807) is 0 Å². The third kappa shape index (κ3) is 10.7. The van der Waals surface area contributed by atoms with Gasteiger partial charge in [0.05, 0.1) is 25.2 Å². The molecule has 0 aromatic heterocycles. The van der Waals surface area contributed by atoms with Gasteiger partial charge >= 0.3 is 6.03 Å². The number of nitrogens with one attached hydrogen (secondary N) is 4. The Labute approximate surface area is 227 Å². The molecule has 10 nitrogen and oxygen atoms in total. The van der Waals surface area contributed by atoms with Crippen LogP contribution in [0.1, 0.15) is 99.8 Å². The third-order valence-corrected chi connectivity index (χ3v) is 6.86. The fraction of sp³-hybridized carbons (Fsp3) is 0.821. The number of ketones is 2. The SMILES string of the molecule is CCC[C@@H](NC(=O)CN(CC(=O)[C@@H](NC(=O)NC(C)(C)C)C(C)(C)C)C1CCCC1)C(=O)C(=O)NC1CC1. The van der Waals surface area contributed by atoms with Gasteiger partial charge in [-0.15, -0.1) is 0 Å². The molecule has 0 bridgehead atoms. The average molecular weight is 536 g/mol. The zero-order chi connectivity index (χ0) is 28.7. The molecular weight excluding hydrogens is 486 g/mol. The molecule has 2 rings (SSSR count). The lowest BCUT2D eigenvalue weighted by Crippen LogP contribution is -2.58. The molecule has 2 aliphatic carbocycles. The summed E-state index contributed by atoms with van der Waals surface area (Å²) >= 11 is 0. The lowest BCUT2D eigenvalue weighted by Gasteiger charge is -2.35. The zero-order valence-electron chi connectivity index (χ0n) is 24.4. The van der Waals surface area contributed by atoms with E-state index in [9.17, 15) is 24.0 Å². The molecule has 0 radical (unpaired) electrons. The highest BCUT2D eigenvalue weighted by Gasteiger charge is 2.37. The average Bonchev–Trinajstić information content (AvgIpc) is 3.42. The van der Waals surface area contributed by atoms with Gasteiger partial charge in [-0.1, -0.05) is 47.0 Å². The van der Waals surface area contributed by atoms with E-state index >= 15 is 0 Å². The van der Waals surface area contributed by atoms with Crippen LogP contribution in [-0.4, -0.2) is 77.1 Å². The van der Waals surface area contributed by atoms with Crippen LogP contribution in [0, 0.1) is 5.41 Å². The first-order valence-electron chi connectivity index (χ1n) is 14.1. The molecule has 2 saturated carbocycles. The van der Waals surface area contributed by atoms with Crippen LogP contribution < -0.4 is 21.3 Å². The van der Waals surface area contributed by atoms with Gasteiger partial charge in [-0.2, -0.15) is 0 Å². The second-order valence-electron chi connectivity index (χ2n) is 13.0. The van der Waals surface area contributed by atoms with E-state index in [0.29, 0.717) is 12.8 Å². The highest BCUT2D eigenvalue weighted by Crippen LogP contribution is 2.25. The van der Waals surface area contributed by atoms with E-state index in [2.05, 4.69) is 21.3 Å². The standard InChI is InChI=1S/C28H49N5O5/c1-8-11-20(23(36)25(37)29-18-14-15-18)30-22(35)17-33(19-12-9-10-13-19)16-21(34)24(27(2,3)4)31-26(38)32-28(5,6)7/h18-20,24H,8-17H2,1-7H3,(H,29,37)(H,30,35)(H2,31,32,38)/t20-,24-/m1/s1. The molecule has 4 N–H and O–H groups in total. The van der Waals surface area contributed by atoms with Crippen LogP contribution >= 0.6 is 0 Å². The smallest absolute Gasteiger partial charge is 0.315 e. The fourth-order valence-corrected chi connectivity index (χ4v) is 4.79. The van der Waals surface area contributed by atoms with Crippen molar-refractivity contribution < 1.29 is 24.0 Å². The topological polar surface area (TPSA) is 137 Å². The van der Waals surface area contributed by atoms with Crippen molar-refractivity contribution in [2.75, 3.05) is 13.1 Å². The van der Waals surface area contributed by atoms with Crippen molar-refractivity contribution in [1.29, 1.82) is 0 Å². The van der Waals surface area contributed by atoms with Gasteiger partial charge in [0.1, 0.15) is 0 Å². The molecule has 38 heavy (non-hydrogen) atoms. The minimum absolute atomic E-state index is 0.00434. The van der Waals surface area contributed by atoms with Gasteiger partial charge in [-0.3, -0.25) is 24.1 Å². The maximum absolute atomic E-state index is 13.5. The summed E-state index contributed by atoms with van der Waals surface area (Å²) in [6.45, 7) is 13.1. The number of urea groups is 1. The number of rotatable bonds is 13. The van der Waals surface area contributed by atoms with E-state index in [1.165, 1.54) is 0 Å². The highest BCUT2D eigenvalue weighted by atomic mass is 16.2. The van der Waals surface area contributed by atoms with Gasteiger partial charge in [-0.25, -0.2) is 4.79 Å². The van der Waals surface area contributed by atoms with Crippen LogP contribution in [0.3, 0.4) is 0 Å². The van der Waals surface area contributed by atoms with Crippen molar-refractivity contribution in [3.05, 3.63) is 0 Å². The number of hydrogen-bond donors (Lipinski definition) is 4. The summed E-state index contributed by atoms with van der Waals surface area (Å²) in [5.41, 5.74) is -0.991. The molecule has 2 atom stereocenters. The number of carbonyl (C=O) groups excluding carboxylic acids is 5. The molecular formula is C28H49N5O5. The van der Waals surface area contributed by atoms with Crippen molar-refractivity contribution in [3.8, 4) is 0 Å². The van der Waals surface area contributed by atoms with Gasteiger partial charge in [-0.05, 0) is 58.3 Å². The Balaban J connectivity index is 2.10. The predicted octanol–water partition coefficient (Wildman–Crippen LogP) is 2.45. The molecule has 0 aromatic carbocycles. The monoisotopic (exact) mass is 535 g/mol. The second kappa shape index (κ2) is 13.5. The van der Waals surface area contributed by atoms with Crippen LogP contribution in [0.15, 0.2) is 0 Å². The van der Waals surface area contributed by atoms with E-state index < -0.39 is 40.8 Å². The largest absolute Gasteiger partial charge is 0.347 e. The molecule has 0 aromatic rings. The first-order valence-corrected chi connectivity index (χ1v) is 14.1. The van der Waals surface area contributed by atoms with Crippen LogP contribution in [-0.2, 0) is 19.2 Å². The van der Waals surface area contributed by atoms with Gasteiger partial charge in [0.2, 0.25) is 11.7 Å². The lowest BCUT2D eigenvalue weighted by molar-refractivity contribution is -0.140. The molecule has 2 aliphatic rings. The van der Waals surface area contributed by atoms with Crippen molar-refractivity contribution in [2.45, 2.75) is 130 Å². The molecule has 0 unspecified atom stereocenters. The third-order valence-electron chi connectivity index (χ3n) is 6.86. The van der Waals surface area contributed by atoms with Gasteiger partial charge in [0.25, 0.3) is 5.91 Å². The summed E-state index contributed by atoms with van der Waals surface area (Å²) in [5.74, 6) is -1.84. The molecule has 4 amide bonds. The first kappa shape index (κ1) is 31.7. The Kier molecular flexibility index (Phi) is 11.3. The number of Topliss-reactive ketones (excluding diaryl/α,β-unsaturated/α-hetero) is 2. The minimum atomic E-state index is -0.891. The normalized spacial score (nSPS) is 18.0. The van der Waals surface area contributed by atoms with E-state index in [0.717, 1.165) is 38.5 Å². The van der Waals surface area contributed by atoms with E-state index in [1.807, 2.05) is 53.4 Å². The summed E-state index contributed by atoms with van der Waals surface area (Å²) in [7, 11) is 0. The number of amides is 4. The molecule has 216 valence electrons. The summed E-state index contributed by atoms with van der Waals surface area (Å²) in [4.78, 5) is 66.1. The zero-order valence-corrected chi connectivity index (χ0v) is 24.4. The summed E-state index contributed by atoms with van der Waals surface area (Å²) in [6.07, 6.45) is 6.53. The first-order chi connectivity index (χ1) is 17.6. The summed E-state index contributed by atoms with van der Waals surface area (Å²) in [5, 5.41) is 11.1. The van der Waals surface area contributed by atoms with Crippen LogP contribution in [0.4, 0.5) is 4.79 Å².